The molecule has 1 fully saturated rings. The van der Waals surface area contributed by atoms with Crippen LogP contribution in [0.3, 0.4) is 0 Å². The fourth-order valence-electron chi connectivity index (χ4n) is 2.83. The molecule has 1 unspecified atom stereocenters. The maximum Gasteiger partial charge on any atom is 0.224 e. The first-order chi connectivity index (χ1) is 10.0. The maximum atomic E-state index is 12.1. The molecule has 0 radical (unpaired) electrons. The molecule has 1 aliphatic rings. The van der Waals surface area contributed by atoms with Crippen molar-refractivity contribution in [2.45, 2.75) is 39.2 Å². The highest BCUT2D eigenvalue weighted by Crippen LogP contribution is 2.29. The zero-order chi connectivity index (χ0) is 15.3. The molecule has 1 heterocycles. The van der Waals surface area contributed by atoms with E-state index in [-0.39, 0.29) is 11.3 Å². The fourth-order valence-corrected chi connectivity index (χ4v) is 2.83. The zero-order valence-corrected chi connectivity index (χ0v) is 13.2. The molecule has 4 heteroatoms. The predicted octanol–water partition coefficient (Wildman–Crippen LogP) is 2.13. The summed E-state index contributed by atoms with van der Waals surface area (Å²) in [5.74, 6) is 0.885. The summed E-state index contributed by atoms with van der Waals surface area (Å²) < 4.78 is 5.12. The van der Waals surface area contributed by atoms with Crippen molar-refractivity contribution in [1.29, 1.82) is 0 Å². The highest BCUT2D eigenvalue weighted by atomic mass is 16.5. The minimum atomic E-state index is 0.0725. The highest BCUT2D eigenvalue weighted by Gasteiger charge is 2.31. The van der Waals surface area contributed by atoms with Gasteiger partial charge < -0.3 is 15.4 Å². The van der Waals surface area contributed by atoms with Gasteiger partial charge in [0, 0.05) is 12.6 Å². The van der Waals surface area contributed by atoms with Gasteiger partial charge in [-0.1, -0.05) is 26.0 Å². The normalized spacial score (nSPS) is 20.8. The van der Waals surface area contributed by atoms with Gasteiger partial charge >= 0.3 is 0 Å². The second kappa shape index (κ2) is 6.94. The van der Waals surface area contributed by atoms with Gasteiger partial charge in [-0.05, 0) is 42.5 Å². The van der Waals surface area contributed by atoms with Crippen LogP contribution in [0.5, 0.6) is 5.75 Å². The highest BCUT2D eigenvalue weighted by molar-refractivity contribution is 5.78. The second-order valence-electron chi connectivity index (χ2n) is 6.43. The summed E-state index contributed by atoms with van der Waals surface area (Å²) in [5.41, 5.74) is 1.25. The minimum absolute atomic E-state index is 0.0725. The van der Waals surface area contributed by atoms with E-state index in [0.29, 0.717) is 19.0 Å². The number of benzene rings is 1. The van der Waals surface area contributed by atoms with Crippen LogP contribution in [0.15, 0.2) is 24.3 Å². The third kappa shape index (κ3) is 4.46. The zero-order valence-electron chi connectivity index (χ0n) is 13.2. The van der Waals surface area contributed by atoms with E-state index < -0.39 is 0 Å². The van der Waals surface area contributed by atoms with E-state index in [1.165, 1.54) is 12.8 Å². The molecule has 0 aromatic heterocycles. The molecule has 1 amide bonds. The van der Waals surface area contributed by atoms with Crippen molar-refractivity contribution in [3.63, 3.8) is 0 Å². The molecule has 0 bridgehead atoms. The Morgan fingerprint density at radius 3 is 2.71 bits per heavy atom. The molecule has 2 N–H and O–H groups in total. The Bertz CT molecular complexity index is 468. The van der Waals surface area contributed by atoms with Crippen molar-refractivity contribution in [1.82, 2.24) is 10.6 Å². The van der Waals surface area contributed by atoms with Crippen LogP contribution in [0, 0.1) is 5.41 Å². The van der Waals surface area contributed by atoms with Crippen LogP contribution in [-0.2, 0) is 11.2 Å². The number of hydrogen-bond acceptors (Lipinski definition) is 3. The summed E-state index contributed by atoms with van der Waals surface area (Å²) in [6.07, 6.45) is 2.83. The van der Waals surface area contributed by atoms with Crippen molar-refractivity contribution in [3.05, 3.63) is 29.8 Å². The Balaban J connectivity index is 1.81. The van der Waals surface area contributed by atoms with Crippen LogP contribution >= 0.6 is 0 Å². The summed E-state index contributed by atoms with van der Waals surface area (Å²) in [4.78, 5) is 12.1. The van der Waals surface area contributed by atoms with E-state index in [1.54, 1.807) is 7.11 Å². The summed E-state index contributed by atoms with van der Waals surface area (Å²) in [5, 5.41) is 6.56. The van der Waals surface area contributed by atoms with Gasteiger partial charge in [0.05, 0.1) is 13.5 Å². The lowest BCUT2D eigenvalue weighted by atomic mass is 9.77. The number of hydrogen-bond donors (Lipinski definition) is 2. The molecule has 21 heavy (non-hydrogen) atoms. The molecule has 0 aliphatic carbocycles. The van der Waals surface area contributed by atoms with E-state index >= 15 is 0 Å². The van der Waals surface area contributed by atoms with Gasteiger partial charge in [-0.2, -0.15) is 0 Å². The first kappa shape index (κ1) is 15.8. The molecule has 2 rings (SSSR count). The number of ether oxygens (including phenoxy) is 1. The Morgan fingerprint density at radius 2 is 2.10 bits per heavy atom. The number of nitrogens with one attached hydrogen (secondary N) is 2. The number of amides is 1. The third-order valence-electron chi connectivity index (χ3n) is 4.36. The third-order valence-corrected chi connectivity index (χ3v) is 4.36. The quantitative estimate of drug-likeness (QED) is 0.873. The van der Waals surface area contributed by atoms with Crippen LogP contribution in [0.1, 0.15) is 32.3 Å². The SMILES string of the molecule is COc1ccc(CC(=O)NCC2NCCCC2(C)C)cc1. The average molecular weight is 290 g/mol. The van der Waals surface area contributed by atoms with Crippen LogP contribution in [0.25, 0.3) is 0 Å². The molecular formula is C17H26N2O2. The summed E-state index contributed by atoms with van der Waals surface area (Å²) in [6.45, 7) is 6.27. The molecule has 1 atom stereocenters. The van der Waals surface area contributed by atoms with Crippen molar-refractivity contribution in [3.8, 4) is 5.75 Å². The van der Waals surface area contributed by atoms with Gasteiger partial charge in [0.15, 0.2) is 0 Å². The smallest absolute Gasteiger partial charge is 0.224 e. The van der Waals surface area contributed by atoms with Gasteiger partial charge in [0.1, 0.15) is 5.75 Å². The molecule has 1 aromatic carbocycles. The molecule has 0 spiro atoms. The van der Waals surface area contributed by atoms with Crippen LogP contribution in [0.2, 0.25) is 0 Å². The standard InChI is InChI=1S/C17H26N2O2/c1-17(2)9-4-10-18-15(17)12-19-16(20)11-13-5-7-14(21-3)8-6-13/h5-8,15,18H,4,9-12H2,1-3H3,(H,19,20). The lowest BCUT2D eigenvalue weighted by molar-refractivity contribution is -0.120. The lowest BCUT2D eigenvalue weighted by Crippen LogP contribution is -2.52. The van der Waals surface area contributed by atoms with Crippen molar-refractivity contribution in [2.24, 2.45) is 5.41 Å². The van der Waals surface area contributed by atoms with Gasteiger partial charge in [0.25, 0.3) is 0 Å². The predicted molar refractivity (Wildman–Crippen MR) is 84.5 cm³/mol. The Hall–Kier alpha value is -1.55. The van der Waals surface area contributed by atoms with Gasteiger partial charge in [-0.3, -0.25) is 4.79 Å². The van der Waals surface area contributed by atoms with Crippen molar-refractivity contribution < 1.29 is 9.53 Å². The van der Waals surface area contributed by atoms with Crippen LogP contribution < -0.4 is 15.4 Å². The molecule has 1 saturated heterocycles. The van der Waals surface area contributed by atoms with Gasteiger partial charge in [-0.15, -0.1) is 0 Å². The first-order valence-corrected chi connectivity index (χ1v) is 7.64. The Morgan fingerprint density at radius 1 is 1.38 bits per heavy atom. The average Bonchev–Trinajstić information content (AvgIpc) is 2.46. The molecule has 1 aromatic rings. The molecular weight excluding hydrogens is 264 g/mol. The van der Waals surface area contributed by atoms with Crippen molar-refractivity contribution in [2.75, 3.05) is 20.2 Å². The number of methoxy groups -OCH3 is 1. The van der Waals surface area contributed by atoms with Gasteiger partial charge in [-0.25, -0.2) is 0 Å². The van der Waals surface area contributed by atoms with Crippen LogP contribution in [0.4, 0.5) is 0 Å². The van der Waals surface area contributed by atoms with E-state index in [9.17, 15) is 4.79 Å². The number of piperidine rings is 1. The van der Waals surface area contributed by atoms with E-state index in [2.05, 4.69) is 24.5 Å². The Kier molecular flexibility index (Phi) is 5.23. The first-order valence-electron chi connectivity index (χ1n) is 7.64. The molecule has 0 saturated carbocycles. The topological polar surface area (TPSA) is 50.4 Å². The van der Waals surface area contributed by atoms with Gasteiger partial charge in [0.2, 0.25) is 5.91 Å². The molecule has 1 aliphatic heterocycles. The molecule has 116 valence electrons. The van der Waals surface area contributed by atoms with Crippen molar-refractivity contribution >= 4 is 5.91 Å². The summed E-state index contributed by atoms with van der Waals surface area (Å²) in [6, 6.07) is 7.98. The fraction of sp³-hybridized carbons (Fsp3) is 0.588. The number of rotatable bonds is 5. The van der Waals surface area contributed by atoms with Crippen LogP contribution in [-0.4, -0.2) is 32.1 Å². The summed E-state index contributed by atoms with van der Waals surface area (Å²) >= 11 is 0. The lowest BCUT2D eigenvalue weighted by Gasteiger charge is -2.39. The van der Waals surface area contributed by atoms with E-state index in [4.69, 9.17) is 4.74 Å². The van der Waals surface area contributed by atoms with E-state index in [1.807, 2.05) is 24.3 Å². The molecule has 4 nitrogen and oxygen atoms in total. The second-order valence-corrected chi connectivity index (χ2v) is 6.43. The maximum absolute atomic E-state index is 12.1. The monoisotopic (exact) mass is 290 g/mol. The number of carbonyl (C=O) groups excluding carboxylic acids is 1. The van der Waals surface area contributed by atoms with E-state index in [0.717, 1.165) is 17.9 Å². The number of carbonyl (C=O) groups is 1. The largest absolute Gasteiger partial charge is 0.497 e. The minimum Gasteiger partial charge on any atom is -0.497 e. The Labute approximate surface area is 127 Å². The summed E-state index contributed by atoms with van der Waals surface area (Å²) in [7, 11) is 1.64.